The minimum atomic E-state index is -1.21. The highest BCUT2D eigenvalue weighted by atomic mass is 16.5. The van der Waals surface area contributed by atoms with Crippen molar-refractivity contribution in [2.45, 2.75) is 50.7 Å². The van der Waals surface area contributed by atoms with Crippen molar-refractivity contribution in [2.75, 3.05) is 31.1 Å². The first-order valence-corrected chi connectivity index (χ1v) is 14.1. The number of fused-ring (bicyclic) bond motifs is 4. The number of carboxylic acids is 1. The number of aryl methyl sites for hydroxylation is 2. The number of carbonyl (C=O) groups excluding carboxylic acids is 1. The number of aromatic carboxylic acids is 1. The molecule has 8 rings (SSSR count). The van der Waals surface area contributed by atoms with E-state index in [0.29, 0.717) is 43.0 Å². The first-order chi connectivity index (χ1) is 19.0. The van der Waals surface area contributed by atoms with Crippen LogP contribution < -0.4 is 29.9 Å². The van der Waals surface area contributed by atoms with Gasteiger partial charge in [-0.1, -0.05) is 24.3 Å². The average Bonchev–Trinajstić information content (AvgIpc) is 2.92. The first-order valence-electron chi connectivity index (χ1n) is 14.1. The molecular weight excluding hydrogens is 492 g/mol. The molecule has 0 radical (unpaired) electrons. The first kappa shape index (κ1) is 23.2. The molecule has 3 aromatic rings. The number of hydrogen-bond donors (Lipinski definition) is 2. The van der Waals surface area contributed by atoms with Crippen LogP contribution in [0.25, 0.3) is 5.57 Å². The Morgan fingerprint density at radius 2 is 1.79 bits per heavy atom. The lowest BCUT2D eigenvalue weighted by Crippen LogP contribution is -2.50. The zero-order chi connectivity index (χ0) is 26.4. The molecule has 3 aromatic carbocycles. The fourth-order valence-electron chi connectivity index (χ4n) is 7.73. The smallest absolute Gasteiger partial charge is 0.210 e. The van der Waals surface area contributed by atoms with Crippen LogP contribution >= 0.6 is 0 Å². The van der Waals surface area contributed by atoms with Crippen LogP contribution in [0.15, 0.2) is 36.4 Å². The molecule has 0 amide bonds. The summed E-state index contributed by atoms with van der Waals surface area (Å²) in [5, 5.41) is 36.1. The summed E-state index contributed by atoms with van der Waals surface area (Å²) >= 11 is 0. The molecule has 2 atom stereocenters. The predicted octanol–water partition coefficient (Wildman–Crippen LogP) is 0.427. The lowest BCUT2D eigenvalue weighted by molar-refractivity contribution is -0.255. The van der Waals surface area contributed by atoms with Crippen LogP contribution in [-0.2, 0) is 25.7 Å². The molecule has 5 aliphatic heterocycles. The molecular formula is C32H30N2O5. The van der Waals surface area contributed by atoms with Crippen molar-refractivity contribution in [3.8, 4) is 11.5 Å². The van der Waals surface area contributed by atoms with Gasteiger partial charge in [-0.05, 0) is 42.5 Å². The molecule has 7 nitrogen and oxygen atoms in total. The number of rotatable bonds is 2. The van der Waals surface area contributed by atoms with Gasteiger partial charge in [-0.25, -0.2) is 4.58 Å². The average molecular weight is 523 g/mol. The number of carbonyl (C=O) groups is 1. The van der Waals surface area contributed by atoms with Gasteiger partial charge in [0.15, 0.2) is 6.54 Å². The molecule has 5 aliphatic rings. The van der Waals surface area contributed by atoms with Crippen molar-refractivity contribution in [2.24, 2.45) is 0 Å². The molecule has 39 heavy (non-hydrogen) atoms. The van der Waals surface area contributed by atoms with Crippen LogP contribution in [0.4, 0.5) is 5.69 Å². The summed E-state index contributed by atoms with van der Waals surface area (Å²) in [6, 6.07) is 11.4. The maximum atomic E-state index is 12.4. The second kappa shape index (κ2) is 8.41. The lowest BCUT2D eigenvalue weighted by Gasteiger charge is -2.41. The van der Waals surface area contributed by atoms with E-state index in [1.165, 1.54) is 11.1 Å². The molecule has 2 N–H and O–H groups in total. The Morgan fingerprint density at radius 1 is 0.974 bits per heavy atom. The number of aliphatic hydroxyl groups excluding tert-OH is 2. The van der Waals surface area contributed by atoms with Gasteiger partial charge in [0.1, 0.15) is 24.1 Å². The van der Waals surface area contributed by atoms with Crippen LogP contribution in [0.5, 0.6) is 11.5 Å². The fourth-order valence-corrected chi connectivity index (χ4v) is 7.73. The van der Waals surface area contributed by atoms with Gasteiger partial charge in [-0.15, -0.1) is 0 Å². The molecule has 0 saturated carbocycles. The minimum Gasteiger partial charge on any atom is -0.545 e. The van der Waals surface area contributed by atoms with E-state index < -0.39 is 18.2 Å². The van der Waals surface area contributed by atoms with Gasteiger partial charge in [0, 0.05) is 71.1 Å². The Balaban J connectivity index is 1.54. The van der Waals surface area contributed by atoms with E-state index >= 15 is 0 Å². The Hall–Kier alpha value is -3.68. The second-order valence-corrected chi connectivity index (χ2v) is 11.6. The van der Waals surface area contributed by atoms with E-state index in [1.807, 2.05) is 12.1 Å². The fraction of sp³-hybridized carbons (Fsp3) is 0.375. The van der Waals surface area contributed by atoms with E-state index in [9.17, 15) is 20.1 Å². The van der Waals surface area contributed by atoms with Gasteiger partial charge >= 0.3 is 0 Å². The number of hydrogen-bond acceptors (Lipinski definition) is 6. The Kier molecular flexibility index (Phi) is 5.01. The summed E-state index contributed by atoms with van der Waals surface area (Å²) in [6.45, 7) is 3.02. The number of ether oxygens (including phenoxy) is 1. The molecule has 198 valence electrons. The highest BCUT2D eigenvalue weighted by molar-refractivity contribution is 5.98. The summed E-state index contributed by atoms with van der Waals surface area (Å²) < 4.78 is 9.18. The molecule has 0 spiro atoms. The standard InChI is InChI=1S/C32H30N2O5/c35-19-13-25-28-17(5-3-9-33(28)15-19)11-23-27(21-7-1-2-8-22(21)32(37)38)24-12-18-6-4-10-34-16-20(36)14-26(29(18)34)31(24)39-30(23)25/h1-2,7-8,11-12,19-20,35-36H,3-6,9-10,13-16H2/t19-,20+. The van der Waals surface area contributed by atoms with Gasteiger partial charge in [0.25, 0.3) is 0 Å². The summed E-state index contributed by atoms with van der Waals surface area (Å²) in [4.78, 5) is 14.6. The number of nitrogens with zero attached hydrogens (tertiary/aromatic N) is 2. The van der Waals surface area contributed by atoms with Crippen LogP contribution in [0.2, 0.25) is 0 Å². The number of carboxylic acid groups (broad SMARTS) is 1. The third kappa shape index (κ3) is 3.36. The number of anilines is 1. The third-order valence-corrected chi connectivity index (χ3v) is 9.14. The molecule has 0 aliphatic carbocycles. The van der Waals surface area contributed by atoms with E-state index in [2.05, 4.69) is 21.6 Å². The van der Waals surface area contributed by atoms with Crippen molar-refractivity contribution in [3.05, 3.63) is 85.9 Å². The van der Waals surface area contributed by atoms with Crippen molar-refractivity contribution in [1.29, 1.82) is 0 Å². The molecule has 0 bridgehead atoms. The monoisotopic (exact) mass is 522 g/mol. The molecule has 5 heterocycles. The van der Waals surface area contributed by atoms with Crippen molar-refractivity contribution in [3.63, 3.8) is 0 Å². The number of benzene rings is 3. The van der Waals surface area contributed by atoms with Gasteiger partial charge in [-0.3, -0.25) is 0 Å². The molecule has 0 unspecified atom stereocenters. The van der Waals surface area contributed by atoms with Gasteiger partial charge in [0.05, 0.1) is 17.6 Å². The summed E-state index contributed by atoms with van der Waals surface area (Å²) in [5.74, 6) is 0.192. The van der Waals surface area contributed by atoms with Crippen LogP contribution in [0, 0.1) is 0 Å². The van der Waals surface area contributed by atoms with E-state index in [0.717, 1.165) is 77.3 Å². The lowest BCUT2D eigenvalue weighted by atomic mass is 9.81. The van der Waals surface area contributed by atoms with Gasteiger partial charge < -0.3 is 29.8 Å². The summed E-state index contributed by atoms with van der Waals surface area (Å²) in [7, 11) is 0. The minimum absolute atomic E-state index is 0.146. The largest absolute Gasteiger partial charge is 0.545 e. The zero-order valence-electron chi connectivity index (χ0n) is 21.7. The van der Waals surface area contributed by atoms with Crippen molar-refractivity contribution < 1.29 is 24.9 Å². The molecule has 0 saturated heterocycles. The quantitative estimate of drug-likeness (QED) is 0.371. The van der Waals surface area contributed by atoms with Gasteiger partial charge in [0.2, 0.25) is 5.36 Å². The third-order valence-electron chi connectivity index (χ3n) is 9.14. The van der Waals surface area contributed by atoms with Crippen LogP contribution in [0.3, 0.4) is 0 Å². The zero-order valence-corrected chi connectivity index (χ0v) is 21.7. The van der Waals surface area contributed by atoms with Gasteiger partial charge in [-0.2, -0.15) is 0 Å². The Morgan fingerprint density at radius 3 is 2.67 bits per heavy atom. The van der Waals surface area contributed by atoms with Crippen LogP contribution in [0.1, 0.15) is 56.6 Å². The number of aliphatic hydroxyl groups is 2. The highest BCUT2D eigenvalue weighted by Crippen LogP contribution is 2.48. The summed E-state index contributed by atoms with van der Waals surface area (Å²) in [6.07, 6.45) is 3.85. The van der Waals surface area contributed by atoms with Crippen LogP contribution in [-0.4, -0.2) is 54.6 Å². The molecule has 0 aromatic heterocycles. The topological polar surface area (TPSA) is 96.1 Å². The highest BCUT2D eigenvalue weighted by Gasteiger charge is 2.38. The Bertz CT molecular complexity index is 1730. The predicted molar refractivity (Wildman–Crippen MR) is 144 cm³/mol. The van der Waals surface area contributed by atoms with E-state index in [-0.39, 0.29) is 5.56 Å². The maximum Gasteiger partial charge on any atom is 0.210 e. The second-order valence-electron chi connectivity index (χ2n) is 11.6. The van der Waals surface area contributed by atoms with E-state index in [4.69, 9.17) is 4.74 Å². The summed E-state index contributed by atoms with van der Waals surface area (Å²) in [5.41, 5.74) is 8.05. The molecule has 7 heteroatoms. The van der Waals surface area contributed by atoms with E-state index in [1.54, 1.807) is 12.1 Å². The normalized spacial score (nSPS) is 22.4. The maximum absolute atomic E-state index is 12.4. The Labute approximate surface area is 225 Å². The van der Waals surface area contributed by atoms with Crippen molar-refractivity contribution in [1.82, 2.24) is 4.58 Å². The van der Waals surface area contributed by atoms with Crippen molar-refractivity contribution >= 4 is 17.2 Å². The SMILES string of the molecule is O=C([O-])c1ccccc1C1=c2cc3c4c(c2Oc2c1cc1c5c2C[C@H](O)CN5CCC1)C[C@@H](O)C[N+]=4CCC3. The molecule has 0 fully saturated rings.